The molecule has 0 aliphatic carbocycles. The molecule has 2 aromatic heterocycles. The van der Waals surface area contributed by atoms with Crippen molar-refractivity contribution < 1.29 is 18.7 Å². The Kier molecular flexibility index (Phi) is 7.00. The third-order valence-corrected chi connectivity index (χ3v) is 6.05. The monoisotopic (exact) mass is 516 g/mol. The summed E-state index contributed by atoms with van der Waals surface area (Å²) in [7, 11) is 1.36. The minimum absolute atomic E-state index is 0.199. The molecule has 0 aliphatic rings. The lowest BCUT2D eigenvalue weighted by Crippen LogP contribution is -2.04. The van der Waals surface area contributed by atoms with Gasteiger partial charge in [-0.3, -0.25) is 0 Å². The highest BCUT2D eigenvalue weighted by Gasteiger charge is 2.12. The summed E-state index contributed by atoms with van der Waals surface area (Å²) in [6, 6.07) is 20.7. The number of halogens is 2. The second kappa shape index (κ2) is 10.7. The summed E-state index contributed by atoms with van der Waals surface area (Å²) in [6.07, 6.45) is 3.44. The number of ether oxygens (including phenoxy) is 2. The predicted molar refractivity (Wildman–Crippen MR) is 140 cm³/mol. The number of hydrogen-bond acceptors (Lipinski definition) is 6. The summed E-state index contributed by atoms with van der Waals surface area (Å²) >= 11 is 6.46. The van der Waals surface area contributed by atoms with Crippen LogP contribution in [0.25, 0.3) is 11.0 Å². The first-order valence-corrected chi connectivity index (χ1v) is 11.8. The average Bonchev–Trinajstić information content (AvgIpc) is 3.32. The number of esters is 1. The van der Waals surface area contributed by atoms with E-state index in [9.17, 15) is 9.18 Å². The van der Waals surface area contributed by atoms with E-state index in [2.05, 4.69) is 15.3 Å². The Hall–Kier alpha value is -4.43. The molecule has 0 radical (unpaired) electrons. The minimum atomic E-state index is -0.373. The topological polar surface area (TPSA) is 78.3 Å². The van der Waals surface area contributed by atoms with E-state index in [1.165, 1.54) is 25.6 Å². The molecule has 0 spiro atoms. The highest BCUT2D eigenvalue weighted by Crippen LogP contribution is 2.31. The summed E-state index contributed by atoms with van der Waals surface area (Å²) in [5.74, 6) is 0.418. The van der Waals surface area contributed by atoms with Gasteiger partial charge in [0.1, 0.15) is 30.0 Å². The molecule has 0 saturated carbocycles. The molecule has 3 aromatic carbocycles. The van der Waals surface area contributed by atoms with Crippen molar-refractivity contribution in [2.24, 2.45) is 0 Å². The number of benzene rings is 3. The average molecular weight is 517 g/mol. The maximum absolute atomic E-state index is 13.4. The van der Waals surface area contributed by atoms with E-state index < -0.39 is 0 Å². The van der Waals surface area contributed by atoms with Gasteiger partial charge in [-0.2, -0.15) is 0 Å². The van der Waals surface area contributed by atoms with Crippen LogP contribution in [0.15, 0.2) is 85.3 Å². The van der Waals surface area contributed by atoms with E-state index in [-0.39, 0.29) is 18.4 Å². The van der Waals surface area contributed by atoms with Crippen molar-refractivity contribution in [1.82, 2.24) is 14.5 Å². The van der Waals surface area contributed by atoms with Gasteiger partial charge in [0.25, 0.3) is 0 Å². The fraction of sp³-hybridized carbons (Fsp3) is 0.107. The lowest BCUT2D eigenvalue weighted by Gasteiger charge is -2.13. The quantitative estimate of drug-likeness (QED) is 0.241. The first-order chi connectivity index (χ1) is 18.0. The number of hydrogen-bond donors (Lipinski definition) is 1. The van der Waals surface area contributed by atoms with Gasteiger partial charge in [-0.1, -0.05) is 35.9 Å². The number of fused-ring (bicyclic) bond motifs is 1. The lowest BCUT2D eigenvalue weighted by atomic mass is 10.1. The van der Waals surface area contributed by atoms with Crippen LogP contribution in [-0.4, -0.2) is 27.6 Å². The summed E-state index contributed by atoms with van der Waals surface area (Å²) in [5, 5.41) is 3.73. The third kappa shape index (κ3) is 5.54. The van der Waals surface area contributed by atoms with Crippen molar-refractivity contribution in [3.05, 3.63) is 113 Å². The number of methoxy groups -OCH3 is 1. The normalized spacial score (nSPS) is 10.9. The summed E-state index contributed by atoms with van der Waals surface area (Å²) in [5.41, 5.74) is 4.53. The maximum Gasteiger partial charge on any atom is 0.337 e. The predicted octanol–water partition coefficient (Wildman–Crippen LogP) is 6.38. The molecule has 0 fully saturated rings. The van der Waals surface area contributed by atoms with E-state index in [0.717, 1.165) is 22.3 Å². The molecular weight excluding hydrogens is 495 g/mol. The molecule has 5 rings (SSSR count). The first kappa shape index (κ1) is 24.3. The highest BCUT2D eigenvalue weighted by atomic mass is 35.5. The fourth-order valence-corrected chi connectivity index (χ4v) is 4.17. The van der Waals surface area contributed by atoms with Gasteiger partial charge in [-0.05, 0) is 59.7 Å². The number of carbonyl (C=O) groups excluding carboxylic acids is 1. The van der Waals surface area contributed by atoms with E-state index >= 15 is 0 Å². The van der Waals surface area contributed by atoms with Gasteiger partial charge >= 0.3 is 5.97 Å². The standard InChI is InChI=1S/C28H22ClFN4O3/c1-36-28(35)20-7-5-18(6-8-20)15-34-12-11-24-26(34)27(32-17-31-24)33-22-9-10-25(23(29)14-22)37-16-19-3-2-4-21(30)13-19/h2-14,17H,15-16H2,1H3,(H,31,32,33). The van der Waals surface area contributed by atoms with Gasteiger partial charge in [0.05, 0.1) is 23.2 Å². The van der Waals surface area contributed by atoms with E-state index in [4.69, 9.17) is 21.1 Å². The van der Waals surface area contributed by atoms with Gasteiger partial charge in [0, 0.05) is 18.4 Å². The Morgan fingerprint density at radius 3 is 2.62 bits per heavy atom. The van der Waals surface area contributed by atoms with Crippen molar-refractivity contribution in [1.29, 1.82) is 0 Å². The molecule has 0 unspecified atom stereocenters. The molecule has 0 amide bonds. The van der Waals surface area contributed by atoms with Crippen LogP contribution in [0.1, 0.15) is 21.5 Å². The smallest absolute Gasteiger partial charge is 0.337 e. The lowest BCUT2D eigenvalue weighted by molar-refractivity contribution is 0.0600. The molecule has 186 valence electrons. The summed E-state index contributed by atoms with van der Waals surface area (Å²) in [4.78, 5) is 20.5. The Bertz CT molecular complexity index is 1570. The molecule has 0 saturated heterocycles. The largest absolute Gasteiger partial charge is 0.487 e. The van der Waals surface area contributed by atoms with Crippen molar-refractivity contribution >= 4 is 40.1 Å². The Labute approximate surface area is 217 Å². The molecule has 0 atom stereocenters. The van der Waals surface area contributed by atoms with E-state index in [1.54, 1.807) is 36.4 Å². The Morgan fingerprint density at radius 2 is 1.86 bits per heavy atom. The van der Waals surface area contributed by atoms with Crippen LogP contribution in [-0.2, 0) is 17.9 Å². The van der Waals surface area contributed by atoms with Crippen molar-refractivity contribution in [3.63, 3.8) is 0 Å². The number of nitrogens with one attached hydrogen (secondary N) is 1. The molecule has 5 aromatic rings. The SMILES string of the molecule is COC(=O)c1ccc(Cn2ccc3ncnc(Nc4ccc(OCc5cccc(F)c5)c(Cl)c4)c32)cc1. The Morgan fingerprint density at radius 1 is 1.03 bits per heavy atom. The summed E-state index contributed by atoms with van der Waals surface area (Å²) < 4.78 is 26.0. The van der Waals surface area contributed by atoms with Crippen LogP contribution >= 0.6 is 11.6 Å². The fourth-order valence-electron chi connectivity index (χ4n) is 3.94. The molecule has 7 nitrogen and oxygen atoms in total. The molecule has 37 heavy (non-hydrogen) atoms. The molecule has 9 heteroatoms. The Balaban J connectivity index is 1.34. The first-order valence-electron chi connectivity index (χ1n) is 11.4. The zero-order chi connectivity index (χ0) is 25.8. The van der Waals surface area contributed by atoms with Crippen LogP contribution in [0.2, 0.25) is 5.02 Å². The van der Waals surface area contributed by atoms with E-state index in [0.29, 0.717) is 34.3 Å². The number of aromatic nitrogens is 3. The van der Waals surface area contributed by atoms with Gasteiger partial charge in [0.15, 0.2) is 5.82 Å². The third-order valence-electron chi connectivity index (χ3n) is 5.76. The van der Waals surface area contributed by atoms with E-state index in [1.807, 2.05) is 35.0 Å². The van der Waals surface area contributed by atoms with Crippen LogP contribution in [0.3, 0.4) is 0 Å². The van der Waals surface area contributed by atoms with Gasteiger partial charge < -0.3 is 19.4 Å². The second-order valence-corrected chi connectivity index (χ2v) is 8.68. The molecule has 0 bridgehead atoms. The van der Waals surface area contributed by atoms with Crippen molar-refractivity contribution in [2.75, 3.05) is 12.4 Å². The number of carbonyl (C=O) groups is 1. The summed E-state index contributed by atoms with van der Waals surface area (Å²) in [6.45, 7) is 0.755. The van der Waals surface area contributed by atoms with Crippen molar-refractivity contribution in [2.45, 2.75) is 13.2 Å². The highest BCUT2D eigenvalue weighted by molar-refractivity contribution is 6.32. The maximum atomic E-state index is 13.4. The second-order valence-electron chi connectivity index (χ2n) is 8.28. The zero-order valence-electron chi connectivity index (χ0n) is 19.8. The van der Waals surface area contributed by atoms with Crippen molar-refractivity contribution in [3.8, 4) is 5.75 Å². The number of rotatable bonds is 8. The van der Waals surface area contributed by atoms with Gasteiger partial charge in [0.2, 0.25) is 0 Å². The van der Waals surface area contributed by atoms with Crippen LogP contribution in [0.4, 0.5) is 15.9 Å². The van der Waals surface area contributed by atoms with Crippen LogP contribution < -0.4 is 10.1 Å². The molecule has 0 aliphatic heterocycles. The zero-order valence-corrected chi connectivity index (χ0v) is 20.6. The van der Waals surface area contributed by atoms with Gasteiger partial charge in [-0.25, -0.2) is 19.2 Å². The minimum Gasteiger partial charge on any atom is -0.487 e. The van der Waals surface area contributed by atoms with Crippen LogP contribution in [0.5, 0.6) is 5.75 Å². The number of anilines is 2. The van der Waals surface area contributed by atoms with Crippen LogP contribution in [0, 0.1) is 5.82 Å². The van der Waals surface area contributed by atoms with Gasteiger partial charge in [-0.15, -0.1) is 0 Å². The molecule has 1 N–H and O–H groups in total. The number of nitrogens with zero attached hydrogens (tertiary/aromatic N) is 3. The molecular formula is C28H22ClFN4O3. The molecule has 2 heterocycles.